The summed E-state index contributed by atoms with van der Waals surface area (Å²) in [5, 5.41) is 34.9. The number of ether oxygens (including phenoxy) is 4. The number of esters is 2. The SMILES string of the molecule is C[C@@H]1COC2C(O)C34C5OC(=O)C3(OC3OC(=O)CC34[C@H](C(C)(C)C)[C@H]5O)[C@]21O. The lowest BCUT2D eigenvalue weighted by molar-refractivity contribution is -0.240. The van der Waals surface area contributed by atoms with E-state index in [4.69, 9.17) is 18.9 Å². The lowest BCUT2D eigenvalue weighted by atomic mass is 9.52. The van der Waals surface area contributed by atoms with E-state index in [2.05, 4.69) is 0 Å². The Morgan fingerprint density at radius 3 is 2.45 bits per heavy atom. The molecule has 160 valence electrons. The van der Waals surface area contributed by atoms with Crippen molar-refractivity contribution in [2.45, 2.75) is 76.0 Å². The fourth-order valence-corrected chi connectivity index (χ4v) is 8.38. The van der Waals surface area contributed by atoms with Gasteiger partial charge in [-0.15, -0.1) is 0 Å². The van der Waals surface area contributed by atoms with E-state index >= 15 is 0 Å². The Kier molecular flexibility index (Phi) is 2.97. The van der Waals surface area contributed by atoms with Crippen LogP contribution in [0.5, 0.6) is 0 Å². The van der Waals surface area contributed by atoms with Gasteiger partial charge in [0.15, 0.2) is 0 Å². The fraction of sp³-hybridized carbons (Fsp3) is 0.900. The Hall–Kier alpha value is -1.26. The number of aliphatic hydroxyl groups excluding tert-OH is 2. The number of carbonyl (C=O) groups excluding carboxylic acids is 2. The van der Waals surface area contributed by atoms with Crippen molar-refractivity contribution in [1.29, 1.82) is 0 Å². The minimum atomic E-state index is -1.98. The molecule has 4 aliphatic heterocycles. The lowest BCUT2D eigenvalue weighted by Gasteiger charge is -2.46. The van der Waals surface area contributed by atoms with Gasteiger partial charge in [-0.05, 0) is 5.41 Å². The Morgan fingerprint density at radius 2 is 1.79 bits per heavy atom. The highest BCUT2D eigenvalue weighted by atomic mass is 16.7. The van der Waals surface area contributed by atoms with Crippen LogP contribution < -0.4 is 0 Å². The summed E-state index contributed by atoms with van der Waals surface area (Å²) < 4.78 is 23.2. The number of aliphatic hydroxyl groups is 3. The molecule has 2 aliphatic carbocycles. The minimum absolute atomic E-state index is 0.139. The Balaban J connectivity index is 1.72. The first-order chi connectivity index (χ1) is 13.4. The van der Waals surface area contributed by atoms with Gasteiger partial charge in [0.25, 0.3) is 0 Å². The molecule has 6 fully saturated rings. The van der Waals surface area contributed by atoms with Gasteiger partial charge in [0.1, 0.15) is 17.8 Å². The minimum Gasteiger partial charge on any atom is -0.456 e. The molecule has 9 nitrogen and oxygen atoms in total. The van der Waals surface area contributed by atoms with E-state index in [1.54, 1.807) is 6.92 Å². The maximum atomic E-state index is 13.4. The number of carbonyl (C=O) groups is 2. The van der Waals surface area contributed by atoms with Gasteiger partial charge in [-0.1, -0.05) is 27.7 Å². The summed E-state index contributed by atoms with van der Waals surface area (Å²) in [6.07, 6.45) is -6.07. The fourth-order valence-electron chi connectivity index (χ4n) is 8.38. The van der Waals surface area contributed by atoms with Crippen molar-refractivity contribution < 1.29 is 43.9 Å². The average Bonchev–Trinajstić information content (AvgIpc) is 3.30. The molecule has 11 atom stereocenters. The molecule has 7 unspecified atom stereocenters. The van der Waals surface area contributed by atoms with Crippen molar-refractivity contribution >= 4 is 11.9 Å². The molecule has 6 rings (SSSR count). The zero-order valence-electron chi connectivity index (χ0n) is 16.7. The van der Waals surface area contributed by atoms with Crippen LogP contribution in [0, 0.1) is 28.1 Å². The van der Waals surface area contributed by atoms with E-state index in [0.29, 0.717) is 0 Å². The highest BCUT2D eigenvalue weighted by molar-refractivity contribution is 5.90. The molecule has 2 saturated carbocycles. The van der Waals surface area contributed by atoms with Gasteiger partial charge in [0.2, 0.25) is 11.9 Å². The first kappa shape index (κ1) is 18.5. The third-order valence-electron chi connectivity index (χ3n) is 8.87. The molecule has 3 N–H and O–H groups in total. The van der Waals surface area contributed by atoms with Crippen LogP contribution in [0.15, 0.2) is 0 Å². The predicted molar refractivity (Wildman–Crippen MR) is 91.9 cm³/mol. The van der Waals surface area contributed by atoms with Gasteiger partial charge >= 0.3 is 11.9 Å². The van der Waals surface area contributed by atoms with Crippen LogP contribution in [-0.2, 0) is 28.5 Å². The molecule has 4 saturated heterocycles. The van der Waals surface area contributed by atoms with Gasteiger partial charge in [-0.3, -0.25) is 4.79 Å². The molecule has 4 heterocycles. The molecule has 0 radical (unpaired) electrons. The standard InChI is InChI=1S/C20H26O9/c1-7-6-26-13-11(23)18-12-9(22)10(16(2,3)4)17(18)5-8(21)27-15(17)29-20(18,14(24)28-12)19(7,13)25/h7,9-13,15,22-23,25H,5-6H2,1-4H3/t7-,9-,10+,11?,12?,13?,15?,17?,18?,19-,20?/m1/s1. The monoisotopic (exact) mass is 410 g/mol. The molecule has 2 spiro atoms. The highest BCUT2D eigenvalue weighted by Gasteiger charge is 3.02. The quantitative estimate of drug-likeness (QED) is 0.435. The highest BCUT2D eigenvalue weighted by Crippen LogP contribution is 2.84. The second kappa shape index (κ2) is 4.65. The van der Waals surface area contributed by atoms with E-state index in [1.165, 1.54) is 0 Å². The lowest BCUT2D eigenvalue weighted by Crippen LogP contribution is -2.65. The number of rotatable bonds is 0. The number of hydrogen-bond donors (Lipinski definition) is 3. The van der Waals surface area contributed by atoms with E-state index in [9.17, 15) is 24.9 Å². The third kappa shape index (κ3) is 1.38. The summed E-state index contributed by atoms with van der Waals surface area (Å²) in [6.45, 7) is 7.63. The molecule has 0 aromatic carbocycles. The molecule has 6 aliphatic rings. The Morgan fingerprint density at radius 1 is 1.10 bits per heavy atom. The van der Waals surface area contributed by atoms with Crippen molar-refractivity contribution in [2.24, 2.45) is 28.1 Å². The summed E-state index contributed by atoms with van der Waals surface area (Å²) in [5.41, 5.74) is -7.17. The van der Waals surface area contributed by atoms with Crippen LogP contribution in [0.2, 0.25) is 0 Å². The van der Waals surface area contributed by atoms with Crippen molar-refractivity contribution in [3.63, 3.8) is 0 Å². The van der Waals surface area contributed by atoms with E-state index in [-0.39, 0.29) is 13.0 Å². The summed E-state index contributed by atoms with van der Waals surface area (Å²) in [5.74, 6) is -2.48. The van der Waals surface area contributed by atoms with Crippen molar-refractivity contribution in [3.05, 3.63) is 0 Å². The zero-order chi connectivity index (χ0) is 20.9. The van der Waals surface area contributed by atoms with Gasteiger partial charge in [0.05, 0.1) is 36.1 Å². The van der Waals surface area contributed by atoms with Crippen LogP contribution in [0.25, 0.3) is 0 Å². The summed E-state index contributed by atoms with van der Waals surface area (Å²) in [7, 11) is 0. The number of hydrogen-bond acceptors (Lipinski definition) is 9. The number of fused-ring (bicyclic) bond motifs is 1. The van der Waals surface area contributed by atoms with Crippen LogP contribution in [0.4, 0.5) is 0 Å². The average molecular weight is 410 g/mol. The van der Waals surface area contributed by atoms with Crippen molar-refractivity contribution in [1.82, 2.24) is 0 Å². The second-order valence-electron chi connectivity index (χ2n) is 10.8. The topological polar surface area (TPSA) is 132 Å². The summed E-state index contributed by atoms with van der Waals surface area (Å²) in [6, 6.07) is 0. The largest absolute Gasteiger partial charge is 0.456 e. The van der Waals surface area contributed by atoms with Gasteiger partial charge in [-0.2, -0.15) is 0 Å². The molecule has 0 amide bonds. The summed E-state index contributed by atoms with van der Waals surface area (Å²) >= 11 is 0. The molecular weight excluding hydrogens is 384 g/mol. The van der Waals surface area contributed by atoms with E-state index < -0.39 is 81.9 Å². The molecule has 0 aromatic heterocycles. The third-order valence-corrected chi connectivity index (χ3v) is 8.87. The maximum absolute atomic E-state index is 13.4. The van der Waals surface area contributed by atoms with Gasteiger partial charge in [-0.25, -0.2) is 4.79 Å². The first-order valence-electron chi connectivity index (χ1n) is 10.2. The predicted octanol–water partition coefficient (Wildman–Crippen LogP) is -0.896. The summed E-state index contributed by atoms with van der Waals surface area (Å²) in [4.78, 5) is 25.9. The maximum Gasteiger partial charge on any atom is 0.343 e. The molecule has 0 aromatic rings. The Labute approximate surface area is 167 Å². The van der Waals surface area contributed by atoms with Gasteiger partial charge in [0, 0.05) is 11.8 Å². The second-order valence-corrected chi connectivity index (χ2v) is 10.8. The molecular formula is C20H26O9. The van der Waals surface area contributed by atoms with Crippen LogP contribution in [-0.4, -0.2) is 75.8 Å². The smallest absolute Gasteiger partial charge is 0.343 e. The van der Waals surface area contributed by atoms with Crippen LogP contribution in [0.3, 0.4) is 0 Å². The first-order valence-corrected chi connectivity index (χ1v) is 10.2. The van der Waals surface area contributed by atoms with Crippen LogP contribution >= 0.6 is 0 Å². The molecule has 9 heteroatoms. The molecule has 0 bridgehead atoms. The Bertz CT molecular complexity index is 851. The van der Waals surface area contributed by atoms with Crippen molar-refractivity contribution in [3.8, 4) is 0 Å². The van der Waals surface area contributed by atoms with E-state index in [0.717, 1.165) is 0 Å². The van der Waals surface area contributed by atoms with Crippen LogP contribution in [0.1, 0.15) is 34.1 Å². The molecule has 29 heavy (non-hydrogen) atoms. The van der Waals surface area contributed by atoms with Gasteiger partial charge < -0.3 is 34.3 Å². The normalized spacial score (nSPS) is 62.0. The van der Waals surface area contributed by atoms with Crippen molar-refractivity contribution in [2.75, 3.05) is 6.61 Å². The van der Waals surface area contributed by atoms with E-state index in [1.807, 2.05) is 20.8 Å². The zero-order valence-corrected chi connectivity index (χ0v) is 16.7.